The van der Waals surface area contributed by atoms with Crippen molar-refractivity contribution in [3.63, 3.8) is 0 Å². The van der Waals surface area contributed by atoms with Crippen molar-refractivity contribution in [3.8, 4) is 0 Å². The van der Waals surface area contributed by atoms with Gasteiger partial charge in [0.25, 0.3) is 0 Å². The topological polar surface area (TPSA) is 29.9 Å². The minimum atomic E-state index is 0.618. The van der Waals surface area contributed by atoms with Crippen LogP contribution in [-0.4, -0.2) is 28.9 Å². The van der Waals surface area contributed by atoms with Crippen LogP contribution >= 0.6 is 11.8 Å². The Balaban J connectivity index is 1.68. The summed E-state index contributed by atoms with van der Waals surface area (Å²) in [5, 5.41) is 3.16. The van der Waals surface area contributed by atoms with Gasteiger partial charge >= 0.3 is 0 Å². The minimum absolute atomic E-state index is 0.618. The van der Waals surface area contributed by atoms with Gasteiger partial charge in [-0.2, -0.15) is 0 Å². The van der Waals surface area contributed by atoms with Crippen LogP contribution in [0.1, 0.15) is 17.2 Å². The molecule has 1 unspecified atom stereocenters. The van der Waals surface area contributed by atoms with Gasteiger partial charge in [-0.15, -0.1) is 11.8 Å². The summed E-state index contributed by atoms with van der Waals surface area (Å²) in [6, 6.07) is 8.76. The van der Waals surface area contributed by atoms with Crippen molar-refractivity contribution in [1.29, 1.82) is 0 Å². The number of imidazole rings is 1. The van der Waals surface area contributed by atoms with Gasteiger partial charge in [-0.3, -0.25) is 0 Å². The highest BCUT2D eigenvalue weighted by atomic mass is 32.2. The summed E-state index contributed by atoms with van der Waals surface area (Å²) in [7, 11) is 1.98. The van der Waals surface area contributed by atoms with Crippen molar-refractivity contribution < 1.29 is 0 Å². The van der Waals surface area contributed by atoms with Crippen molar-refractivity contribution in [2.75, 3.05) is 19.3 Å². The van der Waals surface area contributed by atoms with Gasteiger partial charge < -0.3 is 9.88 Å². The number of rotatable bonds is 5. The second kappa shape index (κ2) is 5.80. The van der Waals surface area contributed by atoms with E-state index in [-0.39, 0.29) is 0 Å². The summed E-state index contributed by atoms with van der Waals surface area (Å²) in [4.78, 5) is 5.92. The Morgan fingerprint density at radius 2 is 2.32 bits per heavy atom. The molecule has 0 radical (unpaired) electrons. The predicted molar refractivity (Wildman–Crippen MR) is 79.8 cm³/mol. The number of thioether (sulfide) groups is 1. The zero-order valence-electron chi connectivity index (χ0n) is 11.2. The maximum atomic E-state index is 4.47. The van der Waals surface area contributed by atoms with Crippen LogP contribution in [0.3, 0.4) is 0 Å². The van der Waals surface area contributed by atoms with Crippen molar-refractivity contribution in [2.24, 2.45) is 0 Å². The lowest BCUT2D eigenvalue weighted by Gasteiger charge is -2.11. The molecule has 0 bridgehead atoms. The fourth-order valence-electron chi connectivity index (χ4n) is 2.52. The lowest BCUT2D eigenvalue weighted by Crippen LogP contribution is -2.10. The van der Waals surface area contributed by atoms with Crippen molar-refractivity contribution in [3.05, 3.63) is 48.0 Å². The van der Waals surface area contributed by atoms with E-state index in [0.717, 1.165) is 19.5 Å². The first kappa shape index (κ1) is 12.8. The maximum absolute atomic E-state index is 4.47. The molecule has 0 aliphatic carbocycles. The van der Waals surface area contributed by atoms with E-state index in [0.29, 0.717) is 5.92 Å². The Bertz CT molecular complexity index is 550. The Kier molecular flexibility index (Phi) is 3.89. The molecule has 1 aliphatic rings. The SMILES string of the molecule is CNCCc1cn(CC2CSc3ccccc32)cn1. The fourth-order valence-corrected chi connectivity index (χ4v) is 3.77. The molecule has 19 heavy (non-hydrogen) atoms. The van der Waals surface area contributed by atoms with Crippen LogP contribution in [-0.2, 0) is 13.0 Å². The van der Waals surface area contributed by atoms with Gasteiger partial charge in [0.2, 0.25) is 0 Å². The first-order valence-corrected chi connectivity index (χ1v) is 7.72. The molecule has 1 aromatic carbocycles. The number of nitrogens with zero attached hydrogens (tertiary/aromatic N) is 2. The summed E-state index contributed by atoms with van der Waals surface area (Å²) in [6.07, 6.45) is 5.15. The standard InChI is InChI=1S/C15H19N3S/c1-16-7-6-13-9-18(11-17-13)8-12-10-19-15-5-3-2-4-14(12)15/h2-5,9,11-12,16H,6-8,10H2,1H3. The van der Waals surface area contributed by atoms with E-state index >= 15 is 0 Å². The molecule has 1 aliphatic heterocycles. The zero-order valence-corrected chi connectivity index (χ0v) is 12.0. The number of hydrogen-bond donors (Lipinski definition) is 1. The Morgan fingerprint density at radius 3 is 3.21 bits per heavy atom. The molecule has 2 aromatic rings. The Morgan fingerprint density at radius 1 is 1.42 bits per heavy atom. The Labute approximate surface area is 118 Å². The fraction of sp³-hybridized carbons (Fsp3) is 0.400. The molecule has 2 heterocycles. The quantitative estimate of drug-likeness (QED) is 0.908. The third-order valence-corrected chi connectivity index (χ3v) is 4.80. The van der Waals surface area contributed by atoms with Crippen LogP contribution in [0.4, 0.5) is 0 Å². The van der Waals surface area contributed by atoms with Crippen LogP contribution in [0.15, 0.2) is 41.7 Å². The summed E-state index contributed by atoms with van der Waals surface area (Å²) in [5.74, 6) is 1.80. The van der Waals surface area contributed by atoms with Gasteiger partial charge in [0.05, 0.1) is 12.0 Å². The highest BCUT2D eigenvalue weighted by Crippen LogP contribution is 2.39. The average molecular weight is 273 g/mol. The first-order chi connectivity index (χ1) is 9.36. The van der Waals surface area contributed by atoms with Gasteiger partial charge in [-0.25, -0.2) is 4.98 Å². The number of nitrogens with one attached hydrogen (secondary N) is 1. The highest BCUT2D eigenvalue weighted by molar-refractivity contribution is 7.99. The van der Waals surface area contributed by atoms with Crippen molar-refractivity contribution in [2.45, 2.75) is 23.8 Å². The molecule has 100 valence electrons. The number of aromatic nitrogens is 2. The number of hydrogen-bond acceptors (Lipinski definition) is 3. The molecule has 0 amide bonds. The molecule has 3 rings (SSSR count). The molecule has 4 heteroatoms. The van der Waals surface area contributed by atoms with E-state index in [1.165, 1.54) is 21.9 Å². The molecular weight excluding hydrogens is 254 g/mol. The van der Waals surface area contributed by atoms with E-state index in [4.69, 9.17) is 0 Å². The van der Waals surface area contributed by atoms with Gasteiger partial charge in [-0.1, -0.05) is 18.2 Å². The third kappa shape index (κ3) is 2.85. The molecule has 0 spiro atoms. The van der Waals surface area contributed by atoms with E-state index in [1.807, 2.05) is 25.1 Å². The van der Waals surface area contributed by atoms with Crippen molar-refractivity contribution >= 4 is 11.8 Å². The highest BCUT2D eigenvalue weighted by Gasteiger charge is 2.22. The molecule has 0 saturated heterocycles. The van der Waals surface area contributed by atoms with Crippen LogP contribution in [0.2, 0.25) is 0 Å². The van der Waals surface area contributed by atoms with E-state index in [2.05, 4.69) is 45.3 Å². The smallest absolute Gasteiger partial charge is 0.0949 e. The Hall–Kier alpha value is -1.26. The normalized spacial score (nSPS) is 17.6. The largest absolute Gasteiger partial charge is 0.337 e. The molecule has 1 N–H and O–H groups in total. The minimum Gasteiger partial charge on any atom is -0.337 e. The molecular formula is C15H19N3S. The van der Waals surface area contributed by atoms with Gasteiger partial charge in [-0.05, 0) is 18.7 Å². The summed E-state index contributed by atoms with van der Waals surface area (Å²) in [6.45, 7) is 2.02. The van der Waals surface area contributed by atoms with Crippen LogP contribution in [0.25, 0.3) is 0 Å². The van der Waals surface area contributed by atoms with Crippen LogP contribution in [0, 0.1) is 0 Å². The second-order valence-corrected chi connectivity index (χ2v) is 6.02. The van der Waals surface area contributed by atoms with Gasteiger partial charge in [0.15, 0.2) is 0 Å². The predicted octanol–water partition coefficient (Wildman–Crippen LogP) is 2.53. The monoisotopic (exact) mass is 273 g/mol. The lowest BCUT2D eigenvalue weighted by molar-refractivity contribution is 0.604. The van der Waals surface area contributed by atoms with Gasteiger partial charge in [0, 0.05) is 42.3 Å². The number of benzene rings is 1. The number of likely N-dealkylation sites (N-methyl/N-ethyl adjacent to an activating group) is 1. The summed E-state index contributed by atoms with van der Waals surface area (Å²) < 4.78 is 2.23. The molecule has 0 saturated carbocycles. The van der Waals surface area contributed by atoms with E-state index < -0.39 is 0 Å². The average Bonchev–Trinajstić information content (AvgIpc) is 3.05. The van der Waals surface area contributed by atoms with Crippen LogP contribution in [0.5, 0.6) is 0 Å². The second-order valence-electron chi connectivity index (χ2n) is 4.96. The summed E-state index contributed by atoms with van der Waals surface area (Å²) >= 11 is 1.97. The number of fused-ring (bicyclic) bond motifs is 1. The van der Waals surface area contributed by atoms with E-state index in [9.17, 15) is 0 Å². The lowest BCUT2D eigenvalue weighted by atomic mass is 10.0. The maximum Gasteiger partial charge on any atom is 0.0949 e. The van der Waals surface area contributed by atoms with Gasteiger partial charge in [0.1, 0.15) is 0 Å². The third-order valence-electron chi connectivity index (χ3n) is 3.55. The summed E-state index contributed by atoms with van der Waals surface area (Å²) in [5.41, 5.74) is 2.67. The van der Waals surface area contributed by atoms with Crippen molar-refractivity contribution in [1.82, 2.24) is 14.9 Å². The van der Waals surface area contributed by atoms with E-state index in [1.54, 1.807) is 0 Å². The van der Waals surface area contributed by atoms with Crippen LogP contribution < -0.4 is 5.32 Å². The molecule has 1 atom stereocenters. The molecule has 1 aromatic heterocycles. The first-order valence-electron chi connectivity index (χ1n) is 6.74. The molecule has 0 fully saturated rings. The zero-order chi connectivity index (χ0) is 13.1. The molecule has 3 nitrogen and oxygen atoms in total.